The van der Waals surface area contributed by atoms with Crippen LogP contribution in [0, 0.1) is 0 Å². The standard InChI is InChI=1S/C19H23ClN2O3/c1-22(12-13-25-18-6-2-5-16(20)14-18)19(24)21-11-3-4-15-7-9-17(23)10-8-15/h2,5-10,14,23H,3-4,11-13H2,1H3,(H,21,24). The molecule has 0 radical (unpaired) electrons. The van der Waals surface area contributed by atoms with E-state index in [1.165, 1.54) is 0 Å². The second-order valence-corrected chi connectivity index (χ2v) is 6.17. The van der Waals surface area contributed by atoms with Crippen molar-refractivity contribution in [3.8, 4) is 11.5 Å². The Morgan fingerprint density at radius 2 is 2.00 bits per heavy atom. The van der Waals surface area contributed by atoms with Crippen LogP contribution in [0.3, 0.4) is 0 Å². The molecular weight excluding hydrogens is 340 g/mol. The number of benzene rings is 2. The SMILES string of the molecule is CN(CCOc1cccc(Cl)c1)C(=O)NCCCc1ccc(O)cc1. The third-order valence-corrected chi connectivity index (χ3v) is 3.93. The number of phenols is 1. The van der Waals surface area contributed by atoms with Gasteiger partial charge in [-0.25, -0.2) is 4.79 Å². The molecule has 6 heteroatoms. The van der Waals surface area contributed by atoms with Gasteiger partial charge in [0.05, 0.1) is 6.54 Å². The van der Waals surface area contributed by atoms with Crippen molar-refractivity contribution in [2.75, 3.05) is 26.7 Å². The number of halogens is 1. The minimum Gasteiger partial charge on any atom is -0.508 e. The largest absolute Gasteiger partial charge is 0.508 e. The van der Waals surface area contributed by atoms with Crippen LogP contribution in [0.5, 0.6) is 11.5 Å². The number of phenolic OH excluding ortho intramolecular Hbond substituents is 1. The highest BCUT2D eigenvalue weighted by atomic mass is 35.5. The molecule has 0 spiro atoms. The van der Waals surface area contributed by atoms with Crippen molar-refractivity contribution in [3.63, 3.8) is 0 Å². The zero-order valence-corrected chi connectivity index (χ0v) is 15.0. The number of urea groups is 1. The van der Waals surface area contributed by atoms with E-state index in [4.69, 9.17) is 16.3 Å². The van der Waals surface area contributed by atoms with E-state index in [2.05, 4.69) is 5.32 Å². The summed E-state index contributed by atoms with van der Waals surface area (Å²) in [6.45, 7) is 1.48. The molecule has 0 fully saturated rings. The average molecular weight is 363 g/mol. The number of carbonyl (C=O) groups excluding carboxylic acids is 1. The van der Waals surface area contributed by atoms with E-state index in [-0.39, 0.29) is 11.8 Å². The second kappa shape index (κ2) is 9.79. The maximum atomic E-state index is 12.0. The first-order chi connectivity index (χ1) is 12.0. The molecule has 0 saturated carbocycles. The molecule has 2 N–H and O–H groups in total. The highest BCUT2D eigenvalue weighted by molar-refractivity contribution is 6.30. The van der Waals surface area contributed by atoms with Gasteiger partial charge in [0, 0.05) is 18.6 Å². The zero-order chi connectivity index (χ0) is 18.1. The Hall–Kier alpha value is -2.40. The zero-order valence-electron chi connectivity index (χ0n) is 14.2. The summed E-state index contributed by atoms with van der Waals surface area (Å²) in [5.41, 5.74) is 1.13. The van der Waals surface area contributed by atoms with Gasteiger partial charge in [-0.2, -0.15) is 0 Å². The molecule has 0 atom stereocenters. The quantitative estimate of drug-likeness (QED) is 0.704. The van der Waals surface area contributed by atoms with E-state index in [1.54, 1.807) is 36.2 Å². The Balaban J connectivity index is 1.60. The lowest BCUT2D eigenvalue weighted by molar-refractivity contribution is 0.195. The normalized spacial score (nSPS) is 10.3. The van der Waals surface area contributed by atoms with Crippen molar-refractivity contribution >= 4 is 17.6 Å². The van der Waals surface area contributed by atoms with Crippen molar-refractivity contribution < 1.29 is 14.6 Å². The number of aromatic hydroxyl groups is 1. The van der Waals surface area contributed by atoms with Gasteiger partial charge in [-0.05, 0) is 48.7 Å². The van der Waals surface area contributed by atoms with Gasteiger partial charge in [-0.3, -0.25) is 0 Å². The Labute approximate surface area is 153 Å². The van der Waals surface area contributed by atoms with Crippen LogP contribution in [-0.4, -0.2) is 42.8 Å². The van der Waals surface area contributed by atoms with Crippen LogP contribution in [0.15, 0.2) is 48.5 Å². The Morgan fingerprint density at radius 3 is 2.72 bits per heavy atom. The lowest BCUT2D eigenvalue weighted by Gasteiger charge is -2.18. The van der Waals surface area contributed by atoms with Gasteiger partial charge in [0.1, 0.15) is 18.1 Å². The Morgan fingerprint density at radius 1 is 1.24 bits per heavy atom. The summed E-state index contributed by atoms with van der Waals surface area (Å²) in [6, 6.07) is 14.2. The summed E-state index contributed by atoms with van der Waals surface area (Å²) in [7, 11) is 1.73. The minimum atomic E-state index is -0.125. The number of nitrogens with one attached hydrogen (secondary N) is 1. The van der Waals surface area contributed by atoms with Gasteiger partial charge < -0.3 is 20.1 Å². The monoisotopic (exact) mass is 362 g/mol. The van der Waals surface area contributed by atoms with Crippen molar-refractivity contribution in [2.45, 2.75) is 12.8 Å². The number of amides is 2. The fourth-order valence-corrected chi connectivity index (χ4v) is 2.42. The number of hydrogen-bond acceptors (Lipinski definition) is 3. The van der Waals surface area contributed by atoms with Gasteiger partial charge in [-0.15, -0.1) is 0 Å². The molecule has 134 valence electrons. The lowest BCUT2D eigenvalue weighted by atomic mass is 10.1. The molecule has 0 aliphatic rings. The smallest absolute Gasteiger partial charge is 0.317 e. The molecular formula is C19H23ClN2O3. The molecule has 2 aromatic carbocycles. The molecule has 0 aliphatic heterocycles. The maximum Gasteiger partial charge on any atom is 0.317 e. The third-order valence-electron chi connectivity index (χ3n) is 3.69. The predicted molar refractivity (Wildman–Crippen MR) is 99.4 cm³/mol. The molecule has 0 saturated heterocycles. The van der Waals surface area contributed by atoms with Crippen LogP contribution in [0.25, 0.3) is 0 Å². The Kier molecular flexibility index (Phi) is 7.41. The number of hydrogen-bond donors (Lipinski definition) is 2. The topological polar surface area (TPSA) is 61.8 Å². The van der Waals surface area contributed by atoms with E-state index in [1.807, 2.05) is 24.3 Å². The molecule has 0 bridgehead atoms. The number of likely N-dealkylation sites (N-methyl/N-ethyl adjacent to an activating group) is 1. The summed E-state index contributed by atoms with van der Waals surface area (Å²) < 4.78 is 5.57. The van der Waals surface area contributed by atoms with Crippen LogP contribution in [0.4, 0.5) is 4.79 Å². The van der Waals surface area contributed by atoms with E-state index >= 15 is 0 Å². The predicted octanol–water partition coefficient (Wildman–Crippen LogP) is 3.70. The molecule has 5 nitrogen and oxygen atoms in total. The molecule has 0 aromatic heterocycles. The number of aryl methyl sites for hydroxylation is 1. The first-order valence-electron chi connectivity index (χ1n) is 8.20. The molecule has 2 aromatic rings. The van der Waals surface area contributed by atoms with Crippen molar-refractivity contribution in [1.29, 1.82) is 0 Å². The molecule has 2 amide bonds. The summed E-state index contributed by atoms with van der Waals surface area (Å²) in [4.78, 5) is 13.6. The van der Waals surface area contributed by atoms with Gasteiger partial charge in [-0.1, -0.05) is 29.8 Å². The first kappa shape index (κ1) is 18.9. The van der Waals surface area contributed by atoms with Crippen molar-refractivity contribution in [1.82, 2.24) is 10.2 Å². The van der Waals surface area contributed by atoms with Gasteiger partial charge in [0.2, 0.25) is 0 Å². The first-order valence-corrected chi connectivity index (χ1v) is 8.57. The number of nitrogens with zero attached hydrogens (tertiary/aromatic N) is 1. The highest BCUT2D eigenvalue weighted by Crippen LogP contribution is 2.16. The molecule has 0 unspecified atom stereocenters. The van der Waals surface area contributed by atoms with Crippen molar-refractivity contribution in [2.24, 2.45) is 0 Å². The lowest BCUT2D eigenvalue weighted by Crippen LogP contribution is -2.39. The van der Waals surface area contributed by atoms with Crippen molar-refractivity contribution in [3.05, 3.63) is 59.1 Å². The van der Waals surface area contributed by atoms with E-state index in [0.29, 0.717) is 30.5 Å². The summed E-state index contributed by atoms with van der Waals surface area (Å²) in [5.74, 6) is 0.953. The highest BCUT2D eigenvalue weighted by Gasteiger charge is 2.07. The average Bonchev–Trinajstić information content (AvgIpc) is 2.60. The number of ether oxygens (including phenoxy) is 1. The van der Waals surface area contributed by atoms with Crippen LogP contribution >= 0.6 is 11.6 Å². The second-order valence-electron chi connectivity index (χ2n) is 5.73. The molecule has 0 heterocycles. The van der Waals surface area contributed by atoms with Crippen LogP contribution < -0.4 is 10.1 Å². The van der Waals surface area contributed by atoms with Crippen LogP contribution in [-0.2, 0) is 6.42 Å². The fraction of sp³-hybridized carbons (Fsp3) is 0.316. The molecule has 0 aliphatic carbocycles. The number of rotatable bonds is 8. The summed E-state index contributed by atoms with van der Waals surface area (Å²) in [5, 5.41) is 12.7. The van der Waals surface area contributed by atoms with E-state index < -0.39 is 0 Å². The van der Waals surface area contributed by atoms with Crippen LogP contribution in [0.2, 0.25) is 5.02 Å². The maximum absolute atomic E-state index is 12.0. The molecule has 25 heavy (non-hydrogen) atoms. The fourth-order valence-electron chi connectivity index (χ4n) is 2.24. The Bertz CT molecular complexity index is 677. The van der Waals surface area contributed by atoms with Crippen LogP contribution in [0.1, 0.15) is 12.0 Å². The van der Waals surface area contributed by atoms with E-state index in [0.717, 1.165) is 18.4 Å². The van der Waals surface area contributed by atoms with E-state index in [9.17, 15) is 9.90 Å². The summed E-state index contributed by atoms with van der Waals surface area (Å²) in [6.07, 6.45) is 1.69. The third kappa shape index (κ3) is 6.93. The molecule has 2 rings (SSSR count). The van der Waals surface area contributed by atoms with Gasteiger partial charge >= 0.3 is 6.03 Å². The summed E-state index contributed by atoms with van der Waals surface area (Å²) >= 11 is 5.89. The van der Waals surface area contributed by atoms with Gasteiger partial charge in [0.15, 0.2) is 0 Å². The minimum absolute atomic E-state index is 0.125. The number of carbonyl (C=O) groups is 1. The van der Waals surface area contributed by atoms with Gasteiger partial charge in [0.25, 0.3) is 0 Å².